The molecule has 0 saturated heterocycles. The number of aryl methyl sites for hydroxylation is 4. The van der Waals surface area contributed by atoms with E-state index in [1.54, 1.807) is 0 Å². The van der Waals surface area contributed by atoms with E-state index in [2.05, 4.69) is 35.5 Å². The highest BCUT2D eigenvalue weighted by atomic mass is 16.3. The second-order valence-corrected chi connectivity index (χ2v) is 6.23. The highest BCUT2D eigenvalue weighted by molar-refractivity contribution is 5.31. The van der Waals surface area contributed by atoms with Gasteiger partial charge in [-0.25, -0.2) is 4.98 Å². The molecular formula is C18H24N2O. The van der Waals surface area contributed by atoms with Crippen molar-refractivity contribution in [1.82, 2.24) is 9.55 Å². The van der Waals surface area contributed by atoms with Crippen LogP contribution in [0.1, 0.15) is 52.8 Å². The summed E-state index contributed by atoms with van der Waals surface area (Å²) in [5.74, 6) is 1.03. The van der Waals surface area contributed by atoms with Crippen molar-refractivity contribution in [2.75, 3.05) is 0 Å². The highest BCUT2D eigenvalue weighted by Gasteiger charge is 2.20. The first kappa shape index (κ1) is 14.3. The van der Waals surface area contributed by atoms with Crippen LogP contribution >= 0.6 is 0 Å². The summed E-state index contributed by atoms with van der Waals surface area (Å²) in [5, 5.41) is 10.6. The van der Waals surface area contributed by atoms with Crippen molar-refractivity contribution >= 4 is 0 Å². The minimum absolute atomic E-state index is 0.469. The Morgan fingerprint density at radius 1 is 1.14 bits per heavy atom. The number of hydrogen-bond donors (Lipinski definition) is 1. The molecule has 0 bridgehead atoms. The van der Waals surface area contributed by atoms with Gasteiger partial charge in [0.05, 0.1) is 18.3 Å². The van der Waals surface area contributed by atoms with Crippen LogP contribution in [0.5, 0.6) is 0 Å². The number of fused-ring (bicyclic) bond motifs is 1. The maximum Gasteiger partial charge on any atom is 0.106 e. The molecule has 2 aromatic rings. The number of benzene rings is 1. The Bertz CT molecular complexity index is 657. The Morgan fingerprint density at radius 3 is 2.67 bits per heavy atom. The van der Waals surface area contributed by atoms with Crippen LogP contribution in [-0.2, 0) is 19.4 Å². The van der Waals surface area contributed by atoms with Gasteiger partial charge < -0.3 is 9.67 Å². The SMILES string of the molecule is Cc1ccc(C(O)Cn2c(C)nc3c2CCCC3)cc1C. The van der Waals surface area contributed by atoms with Crippen LogP contribution in [0.4, 0.5) is 0 Å². The van der Waals surface area contributed by atoms with Crippen LogP contribution in [0.3, 0.4) is 0 Å². The van der Waals surface area contributed by atoms with Gasteiger partial charge >= 0.3 is 0 Å². The van der Waals surface area contributed by atoms with Crippen molar-refractivity contribution in [3.8, 4) is 0 Å². The Hall–Kier alpha value is -1.61. The van der Waals surface area contributed by atoms with E-state index >= 15 is 0 Å². The maximum atomic E-state index is 10.6. The molecule has 1 atom stereocenters. The number of hydrogen-bond acceptors (Lipinski definition) is 2. The fraction of sp³-hybridized carbons (Fsp3) is 0.500. The molecule has 1 unspecified atom stereocenters. The van der Waals surface area contributed by atoms with Crippen molar-refractivity contribution in [2.24, 2.45) is 0 Å². The van der Waals surface area contributed by atoms with Crippen LogP contribution in [0, 0.1) is 20.8 Å². The predicted molar refractivity (Wildman–Crippen MR) is 84.5 cm³/mol. The molecule has 0 amide bonds. The molecule has 0 fully saturated rings. The maximum absolute atomic E-state index is 10.6. The summed E-state index contributed by atoms with van der Waals surface area (Å²) < 4.78 is 2.22. The first-order valence-electron chi connectivity index (χ1n) is 7.86. The molecule has 1 aliphatic rings. The van der Waals surface area contributed by atoms with Gasteiger partial charge in [-0.1, -0.05) is 18.2 Å². The minimum atomic E-state index is -0.469. The van der Waals surface area contributed by atoms with Crippen molar-refractivity contribution in [3.05, 3.63) is 52.1 Å². The van der Waals surface area contributed by atoms with Gasteiger partial charge in [0, 0.05) is 5.69 Å². The molecule has 1 aromatic heterocycles. The fourth-order valence-electron chi connectivity index (χ4n) is 3.23. The van der Waals surface area contributed by atoms with Crippen molar-refractivity contribution < 1.29 is 5.11 Å². The third-order valence-corrected chi connectivity index (χ3v) is 4.69. The van der Waals surface area contributed by atoms with E-state index in [1.807, 2.05) is 13.0 Å². The number of aliphatic hydroxyl groups is 1. The second-order valence-electron chi connectivity index (χ2n) is 6.23. The smallest absolute Gasteiger partial charge is 0.106 e. The molecule has 0 radical (unpaired) electrons. The third-order valence-electron chi connectivity index (χ3n) is 4.69. The summed E-state index contributed by atoms with van der Waals surface area (Å²) in [6, 6.07) is 6.22. The number of imidazole rings is 1. The summed E-state index contributed by atoms with van der Waals surface area (Å²) in [6.07, 6.45) is 4.18. The second kappa shape index (κ2) is 5.64. The normalized spacial score (nSPS) is 15.8. The zero-order chi connectivity index (χ0) is 15.0. The summed E-state index contributed by atoms with van der Waals surface area (Å²) in [4.78, 5) is 4.68. The topological polar surface area (TPSA) is 38.0 Å². The van der Waals surface area contributed by atoms with Crippen LogP contribution in [0.25, 0.3) is 0 Å². The molecule has 3 nitrogen and oxygen atoms in total. The van der Waals surface area contributed by atoms with Gasteiger partial charge in [-0.15, -0.1) is 0 Å². The molecule has 0 aliphatic heterocycles. The van der Waals surface area contributed by atoms with E-state index < -0.39 is 6.10 Å². The molecule has 0 spiro atoms. The minimum Gasteiger partial charge on any atom is -0.387 e. The number of nitrogens with zero attached hydrogens (tertiary/aromatic N) is 2. The summed E-state index contributed by atoms with van der Waals surface area (Å²) in [7, 11) is 0. The quantitative estimate of drug-likeness (QED) is 0.938. The number of aliphatic hydroxyl groups excluding tert-OH is 1. The largest absolute Gasteiger partial charge is 0.387 e. The molecular weight excluding hydrogens is 260 g/mol. The molecule has 3 heteroatoms. The molecule has 1 N–H and O–H groups in total. The molecule has 0 saturated carbocycles. The molecule has 1 heterocycles. The van der Waals surface area contributed by atoms with Gasteiger partial charge in [0.25, 0.3) is 0 Å². The lowest BCUT2D eigenvalue weighted by molar-refractivity contribution is 0.154. The third kappa shape index (κ3) is 2.75. The summed E-state index contributed by atoms with van der Waals surface area (Å²) >= 11 is 0. The standard InChI is InChI=1S/C18H24N2O/c1-12-8-9-15(10-13(12)2)18(21)11-20-14(3)19-16-6-4-5-7-17(16)20/h8-10,18,21H,4-7,11H2,1-3H3. The van der Waals surface area contributed by atoms with Crippen molar-refractivity contribution in [2.45, 2.75) is 59.1 Å². The number of aromatic nitrogens is 2. The molecule has 3 rings (SSSR count). The van der Waals surface area contributed by atoms with Crippen molar-refractivity contribution in [1.29, 1.82) is 0 Å². The van der Waals surface area contributed by atoms with E-state index in [-0.39, 0.29) is 0 Å². The molecule has 112 valence electrons. The zero-order valence-corrected chi connectivity index (χ0v) is 13.2. The van der Waals surface area contributed by atoms with E-state index in [4.69, 9.17) is 0 Å². The molecule has 1 aliphatic carbocycles. The lowest BCUT2D eigenvalue weighted by Gasteiger charge is -2.18. The fourth-order valence-corrected chi connectivity index (χ4v) is 3.23. The van der Waals surface area contributed by atoms with Crippen LogP contribution in [-0.4, -0.2) is 14.7 Å². The monoisotopic (exact) mass is 284 g/mol. The van der Waals surface area contributed by atoms with Gasteiger partial charge in [0.15, 0.2) is 0 Å². The van der Waals surface area contributed by atoms with E-state index in [0.717, 1.165) is 24.2 Å². The Morgan fingerprint density at radius 2 is 1.90 bits per heavy atom. The Balaban J connectivity index is 1.86. The summed E-state index contributed by atoms with van der Waals surface area (Å²) in [5.41, 5.74) is 6.07. The average Bonchev–Trinajstić information content (AvgIpc) is 2.78. The van der Waals surface area contributed by atoms with E-state index in [1.165, 1.54) is 35.4 Å². The average molecular weight is 284 g/mol. The first-order chi connectivity index (χ1) is 10.1. The van der Waals surface area contributed by atoms with Gasteiger partial charge in [0.1, 0.15) is 5.82 Å². The van der Waals surface area contributed by atoms with Gasteiger partial charge in [0.2, 0.25) is 0 Å². The Labute approximate surface area is 126 Å². The van der Waals surface area contributed by atoms with Crippen LogP contribution < -0.4 is 0 Å². The summed E-state index contributed by atoms with van der Waals surface area (Å²) in [6.45, 7) is 6.85. The van der Waals surface area contributed by atoms with Gasteiger partial charge in [-0.2, -0.15) is 0 Å². The van der Waals surface area contributed by atoms with Gasteiger partial charge in [-0.05, 0) is 63.1 Å². The van der Waals surface area contributed by atoms with E-state index in [9.17, 15) is 5.11 Å². The number of rotatable bonds is 3. The van der Waals surface area contributed by atoms with E-state index in [0.29, 0.717) is 6.54 Å². The predicted octanol–water partition coefficient (Wildman–Crippen LogP) is 3.42. The van der Waals surface area contributed by atoms with Crippen LogP contribution in [0.2, 0.25) is 0 Å². The van der Waals surface area contributed by atoms with Crippen molar-refractivity contribution in [3.63, 3.8) is 0 Å². The Kier molecular flexibility index (Phi) is 3.85. The molecule has 21 heavy (non-hydrogen) atoms. The molecule has 1 aromatic carbocycles. The van der Waals surface area contributed by atoms with Gasteiger partial charge in [-0.3, -0.25) is 0 Å². The zero-order valence-electron chi connectivity index (χ0n) is 13.2. The first-order valence-corrected chi connectivity index (χ1v) is 7.86. The van der Waals surface area contributed by atoms with Crippen LogP contribution in [0.15, 0.2) is 18.2 Å². The highest BCUT2D eigenvalue weighted by Crippen LogP contribution is 2.25. The lowest BCUT2D eigenvalue weighted by Crippen LogP contribution is -2.15. The lowest BCUT2D eigenvalue weighted by atomic mass is 10.00.